The topological polar surface area (TPSA) is 41.1 Å². The summed E-state index contributed by atoms with van der Waals surface area (Å²) in [5.41, 5.74) is 0.761. The zero-order valence-corrected chi connectivity index (χ0v) is 15.7. The highest BCUT2D eigenvalue weighted by molar-refractivity contribution is 6.31. The summed E-state index contributed by atoms with van der Waals surface area (Å²) in [5, 5.41) is 6.84. The van der Waals surface area contributed by atoms with Crippen LogP contribution in [0.15, 0.2) is 18.2 Å². The molecule has 24 heavy (non-hydrogen) atoms. The summed E-state index contributed by atoms with van der Waals surface area (Å²) in [5.74, 6) is -0.0354. The lowest BCUT2D eigenvalue weighted by Gasteiger charge is -2.27. The minimum atomic E-state index is -0.343. The van der Waals surface area contributed by atoms with Crippen LogP contribution in [-0.2, 0) is 10.2 Å². The minimum absolute atomic E-state index is 0. The second kappa shape index (κ2) is 7.19. The number of hydrogen-bond acceptors (Lipinski definition) is 2. The predicted octanol–water partition coefficient (Wildman–Crippen LogP) is 3.68. The van der Waals surface area contributed by atoms with Gasteiger partial charge >= 0.3 is 0 Å². The van der Waals surface area contributed by atoms with Crippen LogP contribution in [0.5, 0.6) is 0 Å². The van der Waals surface area contributed by atoms with Crippen LogP contribution in [0.2, 0.25) is 5.02 Å². The molecule has 1 spiro atoms. The van der Waals surface area contributed by atoms with Crippen molar-refractivity contribution in [3.63, 3.8) is 0 Å². The van der Waals surface area contributed by atoms with Crippen molar-refractivity contribution in [3.8, 4) is 0 Å². The smallest absolute Gasteiger partial charge is 0.223 e. The zero-order chi connectivity index (χ0) is 16.7. The first-order chi connectivity index (χ1) is 10.8. The van der Waals surface area contributed by atoms with E-state index >= 15 is 0 Å². The Hall–Kier alpha value is -0.840. The van der Waals surface area contributed by atoms with Gasteiger partial charge in [0.2, 0.25) is 5.91 Å². The SMILES string of the molecule is CC(C)(CNC(=O)C1CC12CCNCC2)c1ccc(F)cc1Cl.Cl. The van der Waals surface area contributed by atoms with Gasteiger partial charge in [-0.15, -0.1) is 12.4 Å². The number of amides is 1. The van der Waals surface area contributed by atoms with Crippen molar-refractivity contribution in [2.75, 3.05) is 19.6 Å². The second-order valence-electron chi connectivity index (χ2n) is 7.59. The van der Waals surface area contributed by atoms with E-state index in [1.54, 1.807) is 6.07 Å². The first-order valence-electron chi connectivity index (χ1n) is 8.28. The Morgan fingerprint density at radius 1 is 1.42 bits per heavy atom. The number of hydrogen-bond donors (Lipinski definition) is 2. The fourth-order valence-corrected chi connectivity index (χ4v) is 4.18. The van der Waals surface area contributed by atoms with E-state index in [1.807, 2.05) is 13.8 Å². The van der Waals surface area contributed by atoms with E-state index in [0.29, 0.717) is 11.6 Å². The van der Waals surface area contributed by atoms with Crippen LogP contribution in [0.3, 0.4) is 0 Å². The summed E-state index contributed by atoms with van der Waals surface area (Å²) < 4.78 is 13.2. The van der Waals surface area contributed by atoms with Gasteiger partial charge in [-0.3, -0.25) is 4.79 Å². The number of carbonyl (C=O) groups excluding carboxylic acids is 1. The van der Waals surface area contributed by atoms with Gasteiger partial charge in [-0.2, -0.15) is 0 Å². The molecule has 2 fully saturated rings. The summed E-state index contributed by atoms with van der Waals surface area (Å²) in [6.45, 7) is 6.56. The number of rotatable bonds is 4. The average molecular weight is 375 g/mol. The third-order valence-corrected chi connectivity index (χ3v) is 5.78. The maximum absolute atomic E-state index is 13.2. The Labute approximate surface area is 154 Å². The molecule has 0 radical (unpaired) electrons. The molecule has 1 aromatic rings. The van der Waals surface area contributed by atoms with Crippen molar-refractivity contribution >= 4 is 29.9 Å². The molecule has 3 nitrogen and oxygen atoms in total. The Morgan fingerprint density at radius 2 is 2.08 bits per heavy atom. The Kier molecular flexibility index (Phi) is 5.83. The molecule has 1 aliphatic heterocycles. The monoisotopic (exact) mass is 374 g/mol. The van der Waals surface area contributed by atoms with E-state index in [4.69, 9.17) is 11.6 Å². The quantitative estimate of drug-likeness (QED) is 0.843. The third-order valence-electron chi connectivity index (χ3n) is 5.47. The zero-order valence-electron chi connectivity index (χ0n) is 14.1. The summed E-state index contributed by atoms with van der Waals surface area (Å²) in [7, 11) is 0. The van der Waals surface area contributed by atoms with Crippen LogP contribution >= 0.6 is 24.0 Å². The van der Waals surface area contributed by atoms with Gasteiger partial charge in [-0.05, 0) is 55.5 Å². The molecule has 134 valence electrons. The van der Waals surface area contributed by atoms with Crippen LogP contribution in [0.25, 0.3) is 0 Å². The first-order valence-corrected chi connectivity index (χ1v) is 8.66. The Morgan fingerprint density at radius 3 is 2.71 bits per heavy atom. The largest absolute Gasteiger partial charge is 0.355 e. The van der Waals surface area contributed by atoms with E-state index in [-0.39, 0.29) is 40.9 Å². The second-order valence-corrected chi connectivity index (χ2v) is 8.00. The predicted molar refractivity (Wildman–Crippen MR) is 97.3 cm³/mol. The minimum Gasteiger partial charge on any atom is -0.355 e. The highest BCUT2D eigenvalue weighted by Crippen LogP contribution is 2.58. The van der Waals surface area contributed by atoms with E-state index < -0.39 is 0 Å². The lowest BCUT2D eigenvalue weighted by atomic mass is 9.84. The highest BCUT2D eigenvalue weighted by atomic mass is 35.5. The number of carbonyl (C=O) groups is 1. The molecule has 2 aliphatic rings. The number of piperidine rings is 1. The fraction of sp³-hybridized carbons (Fsp3) is 0.611. The molecule has 1 aliphatic carbocycles. The van der Waals surface area contributed by atoms with Crippen LogP contribution in [0.4, 0.5) is 4.39 Å². The fourth-order valence-electron chi connectivity index (χ4n) is 3.76. The van der Waals surface area contributed by atoms with E-state index in [1.165, 1.54) is 12.1 Å². The van der Waals surface area contributed by atoms with Crippen molar-refractivity contribution in [2.45, 2.75) is 38.5 Å². The van der Waals surface area contributed by atoms with Gasteiger partial charge in [-0.1, -0.05) is 31.5 Å². The van der Waals surface area contributed by atoms with Crippen molar-refractivity contribution in [1.82, 2.24) is 10.6 Å². The summed E-state index contributed by atoms with van der Waals surface area (Å²) in [6, 6.07) is 4.44. The summed E-state index contributed by atoms with van der Waals surface area (Å²) >= 11 is 6.16. The Bertz CT molecular complexity index is 615. The molecule has 0 aromatic heterocycles. The molecular formula is C18H25Cl2FN2O. The van der Waals surface area contributed by atoms with Gasteiger partial charge in [0.15, 0.2) is 0 Å². The molecule has 1 aromatic carbocycles. The van der Waals surface area contributed by atoms with E-state index in [2.05, 4.69) is 10.6 Å². The van der Waals surface area contributed by atoms with Crippen molar-refractivity contribution in [2.24, 2.45) is 11.3 Å². The number of benzene rings is 1. The molecule has 3 rings (SSSR count). The molecule has 0 bridgehead atoms. The molecular weight excluding hydrogens is 350 g/mol. The van der Waals surface area contributed by atoms with Crippen LogP contribution < -0.4 is 10.6 Å². The summed E-state index contributed by atoms with van der Waals surface area (Å²) in [4.78, 5) is 12.5. The summed E-state index contributed by atoms with van der Waals surface area (Å²) in [6.07, 6.45) is 3.20. The highest BCUT2D eigenvalue weighted by Gasteiger charge is 2.57. The van der Waals surface area contributed by atoms with Crippen LogP contribution in [0, 0.1) is 17.2 Å². The first kappa shape index (κ1) is 19.5. The lowest BCUT2D eigenvalue weighted by Crippen LogP contribution is -2.39. The van der Waals surface area contributed by atoms with Gasteiger partial charge in [0.1, 0.15) is 5.82 Å². The van der Waals surface area contributed by atoms with Gasteiger partial charge in [0, 0.05) is 22.9 Å². The van der Waals surface area contributed by atoms with Gasteiger partial charge in [0.25, 0.3) is 0 Å². The molecule has 1 amide bonds. The van der Waals surface area contributed by atoms with Crippen molar-refractivity contribution in [3.05, 3.63) is 34.6 Å². The molecule has 2 N–H and O–H groups in total. The van der Waals surface area contributed by atoms with Crippen LogP contribution in [-0.4, -0.2) is 25.5 Å². The average Bonchev–Trinajstić information content (AvgIpc) is 3.18. The maximum Gasteiger partial charge on any atom is 0.223 e. The standard InChI is InChI=1S/C18H24ClFN2O.ClH/c1-17(2,13-4-3-12(20)9-15(13)19)11-22-16(23)14-10-18(14)5-7-21-8-6-18;/h3-4,9,14,21H,5-8,10-11H2,1-2H3,(H,22,23);1H. The molecule has 1 heterocycles. The normalized spacial score (nSPS) is 21.9. The molecule has 1 saturated carbocycles. The number of nitrogens with one attached hydrogen (secondary N) is 2. The van der Waals surface area contributed by atoms with Crippen LogP contribution in [0.1, 0.15) is 38.7 Å². The van der Waals surface area contributed by atoms with Gasteiger partial charge in [0.05, 0.1) is 0 Å². The van der Waals surface area contributed by atoms with E-state index in [9.17, 15) is 9.18 Å². The third kappa shape index (κ3) is 3.87. The van der Waals surface area contributed by atoms with Crippen molar-refractivity contribution < 1.29 is 9.18 Å². The molecule has 1 saturated heterocycles. The van der Waals surface area contributed by atoms with Gasteiger partial charge in [-0.25, -0.2) is 4.39 Å². The number of halogens is 3. The van der Waals surface area contributed by atoms with Gasteiger partial charge < -0.3 is 10.6 Å². The maximum atomic E-state index is 13.2. The Balaban J connectivity index is 0.00000208. The van der Waals surface area contributed by atoms with E-state index in [0.717, 1.165) is 37.9 Å². The molecule has 6 heteroatoms. The van der Waals surface area contributed by atoms with Crippen molar-refractivity contribution in [1.29, 1.82) is 0 Å². The molecule has 1 atom stereocenters. The molecule has 1 unspecified atom stereocenters. The lowest BCUT2D eigenvalue weighted by molar-refractivity contribution is -0.123.